The molecule has 9 nitrogen and oxygen atoms in total. The van der Waals surface area contributed by atoms with Gasteiger partial charge in [-0.2, -0.15) is 0 Å². The molecule has 1 aliphatic heterocycles. The van der Waals surface area contributed by atoms with Crippen LogP contribution in [0.1, 0.15) is 16.4 Å². The molecule has 3 rings (SSSR count). The molecule has 1 aliphatic rings. The lowest BCUT2D eigenvalue weighted by atomic mass is 10.4. The van der Waals surface area contributed by atoms with Crippen LogP contribution in [0.2, 0.25) is 0 Å². The summed E-state index contributed by atoms with van der Waals surface area (Å²) < 4.78 is 20.2. The van der Waals surface area contributed by atoms with Crippen LogP contribution in [0.15, 0.2) is 27.5 Å². The Morgan fingerprint density at radius 2 is 2.26 bits per heavy atom. The summed E-state index contributed by atoms with van der Waals surface area (Å²) in [5.41, 5.74) is 0. The third kappa shape index (κ3) is 2.39. The largest absolute Gasteiger partial charge is 0.494 e. The lowest BCUT2D eigenvalue weighted by molar-refractivity contribution is 0.0984. The molecule has 98 valence electrons. The van der Waals surface area contributed by atoms with Crippen LogP contribution in [0, 0.1) is 0 Å². The minimum Gasteiger partial charge on any atom is -0.494 e. The molecular weight excluding hydrogens is 256 g/mol. The van der Waals surface area contributed by atoms with Gasteiger partial charge in [0.05, 0.1) is 6.20 Å². The first-order valence-corrected chi connectivity index (χ1v) is 5.33. The molecule has 0 radical (unpaired) electrons. The van der Waals surface area contributed by atoms with Crippen molar-refractivity contribution >= 4 is 17.7 Å². The molecule has 3 heterocycles. The molecule has 0 spiro atoms. The second-order valence-corrected chi connectivity index (χ2v) is 3.44. The summed E-state index contributed by atoms with van der Waals surface area (Å²) in [5, 5.41) is 13.2. The zero-order valence-corrected chi connectivity index (χ0v) is 9.53. The minimum absolute atomic E-state index is 0.0382. The fourth-order valence-corrected chi connectivity index (χ4v) is 1.35. The molecular formula is C10H8N4O5. The molecule has 19 heavy (non-hydrogen) atoms. The Morgan fingerprint density at radius 1 is 1.32 bits per heavy atom. The van der Waals surface area contributed by atoms with Crippen molar-refractivity contribution in [3.8, 4) is 0 Å². The van der Waals surface area contributed by atoms with Gasteiger partial charge in [-0.15, -0.1) is 5.10 Å². The number of nitrogens with zero attached hydrogens (tertiary/aromatic N) is 3. The maximum Gasteiger partial charge on any atom is 0.323 e. The molecule has 2 aromatic rings. The summed E-state index contributed by atoms with van der Waals surface area (Å²) in [6.45, 7) is 0.862. The van der Waals surface area contributed by atoms with Gasteiger partial charge in [0.25, 0.3) is 11.8 Å². The van der Waals surface area contributed by atoms with Gasteiger partial charge in [0.1, 0.15) is 19.5 Å². The Bertz CT molecular complexity index is 603. The predicted molar refractivity (Wildman–Crippen MR) is 58.6 cm³/mol. The average Bonchev–Trinajstić information content (AvgIpc) is 3.11. The normalized spacial score (nSPS) is 14.2. The number of aromatic nitrogens is 3. The molecule has 2 aromatic heterocycles. The first kappa shape index (κ1) is 11.3. The van der Waals surface area contributed by atoms with Gasteiger partial charge in [-0.3, -0.25) is 10.1 Å². The maximum atomic E-state index is 11.6. The number of nitrogens with one attached hydrogen (secondary N) is 1. The van der Waals surface area contributed by atoms with Crippen LogP contribution in [0.4, 0.5) is 6.01 Å². The number of hydrogen-bond donors (Lipinski definition) is 1. The van der Waals surface area contributed by atoms with Crippen molar-refractivity contribution in [2.75, 3.05) is 18.5 Å². The topological polar surface area (TPSA) is 113 Å². The molecule has 0 aliphatic carbocycles. The fraction of sp³-hybridized carbons (Fsp3) is 0.200. The van der Waals surface area contributed by atoms with Gasteiger partial charge in [-0.05, 0) is 0 Å². The highest BCUT2D eigenvalue weighted by Gasteiger charge is 2.18. The fourth-order valence-electron chi connectivity index (χ4n) is 1.35. The van der Waals surface area contributed by atoms with Crippen LogP contribution < -0.4 is 5.32 Å². The van der Waals surface area contributed by atoms with E-state index >= 15 is 0 Å². The van der Waals surface area contributed by atoms with Crippen LogP contribution in [0.25, 0.3) is 5.76 Å². The zero-order chi connectivity index (χ0) is 13.1. The van der Waals surface area contributed by atoms with E-state index in [-0.39, 0.29) is 17.7 Å². The zero-order valence-electron chi connectivity index (χ0n) is 9.53. The quantitative estimate of drug-likeness (QED) is 0.859. The Balaban J connectivity index is 1.71. The van der Waals surface area contributed by atoms with E-state index in [1.807, 2.05) is 0 Å². The minimum atomic E-state index is -0.539. The Labute approximate surface area is 106 Å². The Kier molecular flexibility index (Phi) is 2.85. The van der Waals surface area contributed by atoms with Crippen molar-refractivity contribution in [1.29, 1.82) is 0 Å². The number of carbonyl (C=O) groups is 1. The first-order chi connectivity index (χ1) is 9.33. The van der Waals surface area contributed by atoms with Crippen molar-refractivity contribution in [1.82, 2.24) is 15.4 Å². The SMILES string of the molecule is O=C(Nc1nnc(C2=COCCO2)o1)c1ccno1. The lowest BCUT2D eigenvalue weighted by Gasteiger charge is -2.11. The molecule has 0 atom stereocenters. The summed E-state index contributed by atoms with van der Waals surface area (Å²) in [7, 11) is 0. The molecule has 9 heteroatoms. The van der Waals surface area contributed by atoms with Crippen LogP contribution in [-0.2, 0) is 9.47 Å². The standard InChI is InChI=1S/C10H8N4O5/c15-8(6-1-2-11-19-6)12-10-14-13-9(18-10)7-5-16-3-4-17-7/h1-2,5H,3-4H2,(H,12,14,15). The monoisotopic (exact) mass is 264 g/mol. The van der Waals surface area contributed by atoms with E-state index in [1.165, 1.54) is 18.5 Å². The molecule has 0 unspecified atom stereocenters. The molecule has 0 bridgehead atoms. The second kappa shape index (κ2) is 4.80. The van der Waals surface area contributed by atoms with E-state index in [0.29, 0.717) is 19.0 Å². The van der Waals surface area contributed by atoms with Crippen LogP contribution in [0.3, 0.4) is 0 Å². The Morgan fingerprint density at radius 3 is 3.00 bits per heavy atom. The highest BCUT2D eigenvalue weighted by molar-refractivity contribution is 6.00. The first-order valence-electron chi connectivity index (χ1n) is 5.33. The Hall–Kier alpha value is -2.84. The van der Waals surface area contributed by atoms with Crippen LogP contribution in [-0.4, -0.2) is 34.5 Å². The average molecular weight is 264 g/mol. The van der Waals surface area contributed by atoms with Gasteiger partial charge in [0, 0.05) is 6.07 Å². The molecule has 0 saturated carbocycles. The molecule has 1 amide bonds. The van der Waals surface area contributed by atoms with Gasteiger partial charge in [0.2, 0.25) is 11.5 Å². The van der Waals surface area contributed by atoms with Crippen molar-refractivity contribution in [2.45, 2.75) is 0 Å². The van der Waals surface area contributed by atoms with Crippen molar-refractivity contribution in [3.63, 3.8) is 0 Å². The maximum absolute atomic E-state index is 11.6. The molecule has 0 saturated heterocycles. The van der Waals surface area contributed by atoms with E-state index in [9.17, 15) is 4.79 Å². The third-order valence-electron chi connectivity index (χ3n) is 2.17. The summed E-state index contributed by atoms with van der Waals surface area (Å²) in [6, 6.07) is 1.33. The lowest BCUT2D eigenvalue weighted by Crippen LogP contribution is -2.11. The van der Waals surface area contributed by atoms with E-state index in [4.69, 9.17) is 13.9 Å². The van der Waals surface area contributed by atoms with E-state index in [1.54, 1.807) is 0 Å². The number of ether oxygens (including phenoxy) is 2. The summed E-state index contributed by atoms with van der Waals surface area (Å²) in [6.07, 6.45) is 2.73. The number of rotatable bonds is 3. The predicted octanol–water partition coefficient (Wildman–Crippen LogP) is 0.655. The third-order valence-corrected chi connectivity index (χ3v) is 2.17. The highest BCUT2D eigenvalue weighted by Crippen LogP contribution is 2.19. The molecule has 0 aromatic carbocycles. The van der Waals surface area contributed by atoms with Gasteiger partial charge in [-0.25, -0.2) is 0 Å². The van der Waals surface area contributed by atoms with Crippen molar-refractivity contribution in [3.05, 3.63) is 30.2 Å². The molecule has 1 N–H and O–H groups in total. The van der Waals surface area contributed by atoms with Gasteiger partial charge >= 0.3 is 6.01 Å². The van der Waals surface area contributed by atoms with Crippen LogP contribution >= 0.6 is 0 Å². The number of amides is 1. The van der Waals surface area contributed by atoms with E-state index < -0.39 is 5.91 Å². The van der Waals surface area contributed by atoms with Crippen molar-refractivity contribution in [2.24, 2.45) is 0 Å². The number of carbonyl (C=O) groups excluding carboxylic acids is 1. The second-order valence-electron chi connectivity index (χ2n) is 3.44. The van der Waals surface area contributed by atoms with E-state index in [0.717, 1.165) is 0 Å². The summed E-state index contributed by atoms with van der Waals surface area (Å²) in [5.74, 6) is -0.0646. The summed E-state index contributed by atoms with van der Waals surface area (Å²) in [4.78, 5) is 11.6. The highest BCUT2D eigenvalue weighted by atomic mass is 16.6. The van der Waals surface area contributed by atoms with E-state index in [2.05, 4.69) is 25.2 Å². The summed E-state index contributed by atoms with van der Waals surface area (Å²) >= 11 is 0. The number of hydrogen-bond acceptors (Lipinski definition) is 8. The van der Waals surface area contributed by atoms with Gasteiger partial charge < -0.3 is 18.4 Å². The number of anilines is 1. The van der Waals surface area contributed by atoms with Crippen LogP contribution in [0.5, 0.6) is 0 Å². The molecule has 0 fully saturated rings. The van der Waals surface area contributed by atoms with Gasteiger partial charge in [-0.1, -0.05) is 10.3 Å². The van der Waals surface area contributed by atoms with Gasteiger partial charge in [0.15, 0.2) is 0 Å². The smallest absolute Gasteiger partial charge is 0.323 e. The van der Waals surface area contributed by atoms with Crippen molar-refractivity contribution < 1.29 is 23.2 Å².